The minimum Gasteiger partial charge on any atom is -0.348 e. The van der Waals surface area contributed by atoms with Crippen molar-refractivity contribution in [1.82, 2.24) is 14.7 Å². The summed E-state index contributed by atoms with van der Waals surface area (Å²) in [6, 6.07) is 3.94. The maximum atomic E-state index is 12.9. The molecule has 1 amide bonds. The van der Waals surface area contributed by atoms with Crippen LogP contribution < -0.4 is 5.32 Å². The van der Waals surface area contributed by atoms with Crippen molar-refractivity contribution >= 4 is 23.2 Å². The van der Waals surface area contributed by atoms with Gasteiger partial charge in [-0.05, 0) is 31.4 Å². The zero-order valence-electron chi connectivity index (χ0n) is 13.6. The number of halogens is 1. The van der Waals surface area contributed by atoms with Crippen LogP contribution in [0.4, 0.5) is 0 Å². The number of aromatic nitrogens is 2. The maximum absolute atomic E-state index is 12.9. The number of carbonyl (C=O) groups is 1. The monoisotopic (exact) mass is 333 g/mol. The Morgan fingerprint density at radius 3 is 2.65 bits per heavy atom. The SMILES string of the molecule is CCc1nc2ccc(Cl)cn2c1C(=O)NC1CCCCCCC1. The molecule has 4 nitrogen and oxygen atoms in total. The fourth-order valence-corrected chi connectivity index (χ4v) is 3.57. The minimum absolute atomic E-state index is 0.0257. The van der Waals surface area contributed by atoms with Gasteiger partial charge in [-0.15, -0.1) is 0 Å². The fraction of sp³-hybridized carbons (Fsp3) is 0.556. The number of pyridine rings is 1. The van der Waals surface area contributed by atoms with Crippen molar-refractivity contribution in [3.63, 3.8) is 0 Å². The third-order valence-corrected chi connectivity index (χ3v) is 4.87. The first-order valence-corrected chi connectivity index (χ1v) is 9.04. The van der Waals surface area contributed by atoms with Gasteiger partial charge < -0.3 is 5.32 Å². The molecule has 0 saturated heterocycles. The molecule has 0 unspecified atom stereocenters. The molecular formula is C18H24ClN3O. The summed E-state index contributed by atoms with van der Waals surface area (Å²) in [7, 11) is 0. The number of fused-ring (bicyclic) bond motifs is 1. The van der Waals surface area contributed by atoms with Gasteiger partial charge in [0.1, 0.15) is 11.3 Å². The molecule has 0 aliphatic heterocycles. The molecule has 1 N–H and O–H groups in total. The highest BCUT2D eigenvalue weighted by molar-refractivity contribution is 6.30. The van der Waals surface area contributed by atoms with Crippen molar-refractivity contribution in [3.8, 4) is 0 Å². The summed E-state index contributed by atoms with van der Waals surface area (Å²) in [5.74, 6) is -0.0257. The standard InChI is InChI=1S/C18H24ClN3O/c1-2-15-17(22-12-13(19)10-11-16(22)21-15)18(23)20-14-8-6-4-3-5-7-9-14/h10-12,14H,2-9H2,1H3,(H,20,23). The topological polar surface area (TPSA) is 46.4 Å². The largest absolute Gasteiger partial charge is 0.348 e. The van der Waals surface area contributed by atoms with Gasteiger partial charge >= 0.3 is 0 Å². The van der Waals surface area contributed by atoms with Crippen molar-refractivity contribution in [2.75, 3.05) is 0 Å². The van der Waals surface area contributed by atoms with Gasteiger partial charge in [-0.3, -0.25) is 9.20 Å². The Hall–Kier alpha value is -1.55. The molecule has 5 heteroatoms. The van der Waals surface area contributed by atoms with Crippen LogP contribution >= 0.6 is 11.6 Å². The van der Waals surface area contributed by atoms with Crippen molar-refractivity contribution in [2.24, 2.45) is 0 Å². The molecule has 2 heterocycles. The second kappa shape index (κ2) is 7.35. The second-order valence-electron chi connectivity index (χ2n) is 6.35. The van der Waals surface area contributed by atoms with Gasteiger partial charge in [-0.1, -0.05) is 50.6 Å². The number of carbonyl (C=O) groups excluding carboxylic acids is 1. The van der Waals surface area contributed by atoms with Crippen LogP contribution in [0.2, 0.25) is 5.02 Å². The van der Waals surface area contributed by atoms with Gasteiger partial charge in [0.15, 0.2) is 0 Å². The smallest absolute Gasteiger partial charge is 0.270 e. The lowest BCUT2D eigenvalue weighted by molar-refractivity contribution is 0.0923. The van der Waals surface area contributed by atoms with Crippen LogP contribution in [0, 0.1) is 0 Å². The van der Waals surface area contributed by atoms with Gasteiger partial charge in [-0.25, -0.2) is 4.98 Å². The molecule has 1 saturated carbocycles. The van der Waals surface area contributed by atoms with E-state index in [4.69, 9.17) is 11.6 Å². The molecule has 0 spiro atoms. The summed E-state index contributed by atoms with van der Waals surface area (Å²) in [6.07, 6.45) is 10.9. The molecule has 2 aromatic heterocycles. The number of nitrogens with zero attached hydrogens (tertiary/aromatic N) is 2. The van der Waals surface area contributed by atoms with Crippen LogP contribution in [0.25, 0.3) is 5.65 Å². The van der Waals surface area contributed by atoms with Gasteiger partial charge in [-0.2, -0.15) is 0 Å². The van der Waals surface area contributed by atoms with Crippen LogP contribution in [-0.2, 0) is 6.42 Å². The average molecular weight is 334 g/mol. The average Bonchev–Trinajstić information content (AvgIpc) is 2.87. The minimum atomic E-state index is -0.0257. The predicted octanol–water partition coefficient (Wildman–Crippen LogP) is 4.39. The van der Waals surface area contributed by atoms with Crippen molar-refractivity contribution in [2.45, 2.75) is 64.3 Å². The molecule has 1 fully saturated rings. The molecule has 0 bridgehead atoms. The van der Waals surface area contributed by atoms with Crippen molar-refractivity contribution < 1.29 is 4.79 Å². The quantitative estimate of drug-likeness (QED) is 0.905. The Kier molecular flexibility index (Phi) is 5.21. The van der Waals surface area contributed by atoms with E-state index < -0.39 is 0 Å². The number of hydrogen-bond donors (Lipinski definition) is 1. The van der Waals surface area contributed by atoms with E-state index in [1.54, 1.807) is 12.3 Å². The summed E-state index contributed by atoms with van der Waals surface area (Å²) in [4.78, 5) is 17.4. The summed E-state index contributed by atoms with van der Waals surface area (Å²) < 4.78 is 1.82. The lowest BCUT2D eigenvalue weighted by Gasteiger charge is -2.21. The van der Waals surface area contributed by atoms with E-state index in [2.05, 4.69) is 10.3 Å². The molecule has 3 rings (SSSR count). The molecule has 2 aromatic rings. The van der Waals surface area contributed by atoms with Gasteiger partial charge in [0.05, 0.1) is 10.7 Å². The predicted molar refractivity (Wildman–Crippen MR) is 93.2 cm³/mol. The lowest BCUT2D eigenvalue weighted by atomic mass is 9.96. The van der Waals surface area contributed by atoms with Gasteiger partial charge in [0, 0.05) is 12.2 Å². The highest BCUT2D eigenvalue weighted by atomic mass is 35.5. The number of imidazole rings is 1. The highest BCUT2D eigenvalue weighted by Gasteiger charge is 2.21. The van der Waals surface area contributed by atoms with E-state index in [9.17, 15) is 4.79 Å². The van der Waals surface area contributed by atoms with Crippen LogP contribution in [0.15, 0.2) is 18.3 Å². The van der Waals surface area contributed by atoms with E-state index >= 15 is 0 Å². The number of nitrogens with one attached hydrogen (secondary N) is 1. The molecular weight excluding hydrogens is 310 g/mol. The van der Waals surface area contributed by atoms with Crippen LogP contribution in [0.1, 0.15) is 68.1 Å². The third-order valence-electron chi connectivity index (χ3n) is 4.64. The van der Waals surface area contributed by atoms with E-state index in [1.807, 2.05) is 17.4 Å². The zero-order chi connectivity index (χ0) is 16.2. The Labute approximate surface area is 142 Å². The molecule has 0 atom stereocenters. The first kappa shape index (κ1) is 16.3. The van der Waals surface area contributed by atoms with E-state index in [0.29, 0.717) is 10.7 Å². The summed E-state index contributed by atoms with van der Waals surface area (Å²) in [5, 5.41) is 3.84. The van der Waals surface area contributed by atoms with Crippen LogP contribution in [0.3, 0.4) is 0 Å². The summed E-state index contributed by atoms with van der Waals surface area (Å²) in [5.41, 5.74) is 2.23. The number of aryl methyl sites for hydroxylation is 1. The molecule has 124 valence electrons. The summed E-state index contributed by atoms with van der Waals surface area (Å²) in [6.45, 7) is 2.02. The number of amides is 1. The normalized spacial score (nSPS) is 17.0. The zero-order valence-corrected chi connectivity index (χ0v) is 14.4. The number of rotatable bonds is 3. The van der Waals surface area contributed by atoms with Gasteiger partial charge in [0.25, 0.3) is 5.91 Å². The van der Waals surface area contributed by atoms with Crippen molar-refractivity contribution in [3.05, 3.63) is 34.7 Å². The Morgan fingerprint density at radius 1 is 1.26 bits per heavy atom. The fourth-order valence-electron chi connectivity index (χ4n) is 3.41. The highest BCUT2D eigenvalue weighted by Crippen LogP contribution is 2.20. The maximum Gasteiger partial charge on any atom is 0.270 e. The third kappa shape index (κ3) is 3.69. The second-order valence-corrected chi connectivity index (χ2v) is 6.79. The Balaban J connectivity index is 1.85. The van der Waals surface area contributed by atoms with E-state index in [0.717, 1.165) is 30.6 Å². The molecule has 1 aliphatic carbocycles. The number of hydrogen-bond acceptors (Lipinski definition) is 2. The van der Waals surface area contributed by atoms with E-state index in [-0.39, 0.29) is 11.9 Å². The Bertz CT molecular complexity index is 687. The molecule has 0 aromatic carbocycles. The summed E-state index contributed by atoms with van der Waals surface area (Å²) >= 11 is 6.10. The first-order chi connectivity index (χ1) is 11.2. The molecule has 23 heavy (non-hydrogen) atoms. The van der Waals surface area contributed by atoms with E-state index in [1.165, 1.54) is 32.1 Å². The lowest BCUT2D eigenvalue weighted by Crippen LogP contribution is -2.36. The molecule has 0 radical (unpaired) electrons. The molecule has 1 aliphatic rings. The van der Waals surface area contributed by atoms with Crippen LogP contribution in [0.5, 0.6) is 0 Å². The first-order valence-electron chi connectivity index (χ1n) is 8.66. The van der Waals surface area contributed by atoms with Gasteiger partial charge in [0.2, 0.25) is 0 Å². The van der Waals surface area contributed by atoms with Crippen LogP contribution in [-0.4, -0.2) is 21.3 Å². The van der Waals surface area contributed by atoms with Crippen molar-refractivity contribution in [1.29, 1.82) is 0 Å². The Morgan fingerprint density at radius 2 is 1.96 bits per heavy atom.